The van der Waals surface area contributed by atoms with E-state index in [9.17, 15) is 0 Å². The maximum absolute atomic E-state index is 4.09. The Kier molecular flexibility index (Phi) is 8.34. The van der Waals surface area contributed by atoms with Crippen molar-refractivity contribution < 1.29 is 0 Å². The van der Waals surface area contributed by atoms with Crippen LogP contribution in [0.15, 0.2) is 12.5 Å². The number of hydrogen-bond donors (Lipinski definition) is 6. The third-order valence-corrected chi connectivity index (χ3v) is 3.58. The number of imidazole rings is 1. The molecule has 0 spiro atoms. The predicted molar refractivity (Wildman–Crippen MR) is 85.6 cm³/mol. The smallest absolute Gasteiger partial charge is 0.0921 e. The van der Waals surface area contributed by atoms with Gasteiger partial charge in [0.1, 0.15) is 0 Å². The van der Waals surface area contributed by atoms with E-state index in [2.05, 4.69) is 36.6 Å². The van der Waals surface area contributed by atoms with E-state index in [-0.39, 0.29) is 0 Å². The summed E-state index contributed by atoms with van der Waals surface area (Å²) >= 11 is 0. The summed E-state index contributed by atoms with van der Waals surface area (Å²) in [4.78, 5) is 7.27. The second-order valence-electron chi connectivity index (χ2n) is 5.39. The van der Waals surface area contributed by atoms with E-state index in [0.717, 1.165) is 65.3 Å². The third-order valence-electron chi connectivity index (χ3n) is 3.58. The molecule has 0 amide bonds. The Bertz CT molecular complexity index is 325. The van der Waals surface area contributed by atoms with Gasteiger partial charge in [0.05, 0.1) is 6.33 Å². The minimum Gasteiger partial charge on any atom is -0.348 e. The largest absolute Gasteiger partial charge is 0.348 e. The van der Waals surface area contributed by atoms with Crippen molar-refractivity contribution in [2.45, 2.75) is 12.5 Å². The van der Waals surface area contributed by atoms with Gasteiger partial charge >= 0.3 is 0 Å². The second-order valence-corrected chi connectivity index (χ2v) is 5.39. The molecule has 2 rings (SSSR count). The summed E-state index contributed by atoms with van der Waals surface area (Å²) in [7, 11) is 0. The van der Waals surface area contributed by atoms with Crippen molar-refractivity contribution in [3.63, 3.8) is 0 Å². The number of aromatic nitrogens is 2. The summed E-state index contributed by atoms with van der Waals surface area (Å²) < 4.78 is 0. The predicted octanol–water partition coefficient (Wildman–Crippen LogP) is -1.72. The molecule has 0 radical (unpaired) electrons. The average Bonchev–Trinajstić information content (AvgIpc) is 2.98. The Morgan fingerprint density at radius 2 is 1.48 bits per heavy atom. The minimum absolute atomic E-state index is 0.426. The van der Waals surface area contributed by atoms with Gasteiger partial charge in [-0.3, -0.25) is 0 Å². The van der Waals surface area contributed by atoms with Crippen LogP contribution >= 0.6 is 0 Å². The first-order chi connectivity index (χ1) is 10.4. The Morgan fingerprint density at radius 1 is 0.857 bits per heavy atom. The zero-order valence-corrected chi connectivity index (χ0v) is 12.8. The molecule has 1 saturated heterocycles. The molecular weight excluding hydrogens is 266 g/mol. The van der Waals surface area contributed by atoms with Gasteiger partial charge in [-0.05, 0) is 0 Å². The van der Waals surface area contributed by atoms with Crippen LogP contribution in [0.3, 0.4) is 0 Å². The summed E-state index contributed by atoms with van der Waals surface area (Å²) in [6.45, 7) is 9.07. The zero-order chi connectivity index (χ0) is 14.6. The molecule has 0 unspecified atom stereocenters. The minimum atomic E-state index is 0.426. The molecule has 0 aliphatic carbocycles. The van der Waals surface area contributed by atoms with Gasteiger partial charge in [0.15, 0.2) is 0 Å². The second kappa shape index (κ2) is 10.7. The van der Waals surface area contributed by atoms with Gasteiger partial charge in [-0.2, -0.15) is 0 Å². The number of hydrogen-bond acceptors (Lipinski definition) is 6. The van der Waals surface area contributed by atoms with Crippen LogP contribution < -0.4 is 26.6 Å². The molecule has 1 aliphatic rings. The SMILES string of the molecule is c1ncc(C[C@H]2CNCCNCCNCCNCCN2)[nH]1. The van der Waals surface area contributed by atoms with Crippen LogP contribution in [0.25, 0.3) is 0 Å². The molecule has 7 nitrogen and oxygen atoms in total. The van der Waals surface area contributed by atoms with Crippen LogP contribution in [0.1, 0.15) is 5.69 Å². The molecule has 2 heterocycles. The van der Waals surface area contributed by atoms with E-state index in [1.165, 1.54) is 5.69 Å². The zero-order valence-electron chi connectivity index (χ0n) is 12.8. The molecule has 21 heavy (non-hydrogen) atoms. The van der Waals surface area contributed by atoms with Gasteiger partial charge < -0.3 is 31.6 Å². The maximum Gasteiger partial charge on any atom is 0.0921 e. The van der Waals surface area contributed by atoms with Crippen molar-refractivity contribution in [2.75, 3.05) is 58.9 Å². The molecule has 6 N–H and O–H groups in total. The first-order valence-electron chi connectivity index (χ1n) is 7.98. The first-order valence-corrected chi connectivity index (χ1v) is 7.98. The van der Waals surface area contributed by atoms with E-state index < -0.39 is 0 Å². The fraction of sp³-hybridized carbons (Fsp3) is 0.786. The molecule has 0 saturated carbocycles. The lowest BCUT2D eigenvalue weighted by molar-refractivity contribution is 0.461. The molecule has 0 aromatic carbocycles. The van der Waals surface area contributed by atoms with Crippen molar-refractivity contribution in [3.05, 3.63) is 18.2 Å². The van der Waals surface area contributed by atoms with E-state index in [1.54, 1.807) is 6.33 Å². The average molecular weight is 295 g/mol. The molecule has 1 aromatic heterocycles. The number of nitrogens with zero attached hydrogens (tertiary/aromatic N) is 1. The summed E-state index contributed by atoms with van der Waals surface area (Å²) in [5.41, 5.74) is 1.18. The van der Waals surface area contributed by atoms with E-state index >= 15 is 0 Å². The summed E-state index contributed by atoms with van der Waals surface area (Å²) in [6, 6.07) is 0.426. The molecule has 7 heteroatoms. The number of nitrogens with one attached hydrogen (secondary N) is 6. The normalized spacial score (nSPS) is 24.1. The molecule has 1 atom stereocenters. The summed E-state index contributed by atoms with van der Waals surface area (Å²) in [5.74, 6) is 0. The third kappa shape index (κ3) is 7.54. The van der Waals surface area contributed by atoms with Gasteiger partial charge in [0, 0.05) is 83.3 Å². The van der Waals surface area contributed by atoms with Crippen molar-refractivity contribution >= 4 is 0 Å². The monoisotopic (exact) mass is 295 g/mol. The summed E-state index contributed by atoms with van der Waals surface area (Å²) in [6.07, 6.45) is 4.62. The van der Waals surface area contributed by atoms with Crippen molar-refractivity contribution in [3.8, 4) is 0 Å². The van der Waals surface area contributed by atoms with Crippen LogP contribution in [0.4, 0.5) is 0 Å². The topological polar surface area (TPSA) is 88.8 Å². The van der Waals surface area contributed by atoms with Crippen molar-refractivity contribution in [2.24, 2.45) is 0 Å². The molecule has 1 aliphatic heterocycles. The fourth-order valence-corrected chi connectivity index (χ4v) is 2.42. The van der Waals surface area contributed by atoms with Crippen LogP contribution in [0.2, 0.25) is 0 Å². The number of H-pyrrole nitrogens is 1. The maximum atomic E-state index is 4.09. The lowest BCUT2D eigenvalue weighted by Crippen LogP contribution is -2.44. The lowest BCUT2D eigenvalue weighted by Gasteiger charge is -2.19. The van der Waals surface area contributed by atoms with Gasteiger partial charge in [0.2, 0.25) is 0 Å². The Morgan fingerprint density at radius 3 is 2.10 bits per heavy atom. The number of rotatable bonds is 2. The Labute approximate surface area is 127 Å². The lowest BCUT2D eigenvalue weighted by atomic mass is 10.1. The standard InChI is InChI=1S/C14H29N7/c1-2-16-5-6-18-10-13(9-14-11-19-12-21-14)20-8-7-17-4-3-15-1/h11-13,15-18,20H,1-10H2,(H,19,21)/t13-/m0/s1. The van der Waals surface area contributed by atoms with E-state index in [4.69, 9.17) is 0 Å². The van der Waals surface area contributed by atoms with Crippen molar-refractivity contribution in [1.82, 2.24) is 36.6 Å². The summed E-state index contributed by atoms with van der Waals surface area (Å²) in [5, 5.41) is 17.4. The molecule has 1 fully saturated rings. The van der Waals surface area contributed by atoms with E-state index in [0.29, 0.717) is 6.04 Å². The molecule has 1 aromatic rings. The quantitative estimate of drug-likeness (QED) is 0.389. The highest BCUT2D eigenvalue weighted by Crippen LogP contribution is 1.97. The van der Waals surface area contributed by atoms with Crippen LogP contribution in [-0.2, 0) is 6.42 Å². The Balaban J connectivity index is 1.74. The van der Waals surface area contributed by atoms with Crippen molar-refractivity contribution in [1.29, 1.82) is 0 Å². The van der Waals surface area contributed by atoms with Gasteiger partial charge in [0.25, 0.3) is 0 Å². The van der Waals surface area contributed by atoms with Gasteiger partial charge in [-0.15, -0.1) is 0 Å². The fourth-order valence-electron chi connectivity index (χ4n) is 2.42. The Hall–Kier alpha value is -0.990. The van der Waals surface area contributed by atoms with E-state index in [1.807, 2.05) is 6.20 Å². The highest BCUT2D eigenvalue weighted by atomic mass is 15.0. The van der Waals surface area contributed by atoms with Crippen LogP contribution in [0, 0.1) is 0 Å². The van der Waals surface area contributed by atoms with Gasteiger partial charge in [-0.25, -0.2) is 4.98 Å². The number of aromatic amines is 1. The highest BCUT2D eigenvalue weighted by molar-refractivity contribution is 4.98. The molecule has 0 bridgehead atoms. The molecular formula is C14H29N7. The van der Waals surface area contributed by atoms with Crippen LogP contribution in [0.5, 0.6) is 0 Å². The molecule has 120 valence electrons. The van der Waals surface area contributed by atoms with Crippen LogP contribution in [-0.4, -0.2) is 74.9 Å². The first kappa shape index (κ1) is 16.4. The van der Waals surface area contributed by atoms with Gasteiger partial charge in [-0.1, -0.05) is 0 Å². The highest BCUT2D eigenvalue weighted by Gasteiger charge is 2.09.